The van der Waals surface area contributed by atoms with Gasteiger partial charge < -0.3 is 35.0 Å². The third-order valence-electron chi connectivity index (χ3n) is 6.92. The highest BCUT2D eigenvalue weighted by molar-refractivity contribution is 7.89. The lowest BCUT2D eigenvalue weighted by Gasteiger charge is -2.31. The van der Waals surface area contributed by atoms with Crippen LogP contribution in [0.4, 0.5) is 0 Å². The second-order valence-electron chi connectivity index (χ2n) is 10.4. The number of aromatic nitrogens is 4. The van der Waals surface area contributed by atoms with Crippen molar-refractivity contribution in [2.75, 3.05) is 39.8 Å². The first-order valence-corrected chi connectivity index (χ1v) is 15.6. The van der Waals surface area contributed by atoms with Crippen molar-refractivity contribution in [3.05, 3.63) is 34.2 Å². The number of nitrogens with one attached hydrogen (secondary N) is 1. The van der Waals surface area contributed by atoms with Crippen LogP contribution in [0, 0.1) is 0 Å². The van der Waals surface area contributed by atoms with E-state index in [1.165, 1.54) is 26.0 Å². The lowest BCUT2D eigenvalue weighted by molar-refractivity contribution is -0.170. The van der Waals surface area contributed by atoms with Gasteiger partial charge in [-0.1, -0.05) is 13.3 Å². The first kappa shape index (κ1) is 31.6. The minimum absolute atomic E-state index is 0.00556. The number of ether oxygens (including phenoxy) is 1. The summed E-state index contributed by atoms with van der Waals surface area (Å²) in [7, 11) is -2.24. The molecule has 18 heteroatoms. The van der Waals surface area contributed by atoms with Gasteiger partial charge in [-0.25, -0.2) is 18.2 Å². The van der Waals surface area contributed by atoms with Crippen molar-refractivity contribution < 1.29 is 52.1 Å². The average Bonchev–Trinajstić information content (AvgIpc) is 3.31. The number of benzene rings is 1. The molecule has 17 nitrogen and oxygen atoms in total. The molecular formula is C28H38N6O11S. The number of piperazine rings is 1. The van der Waals surface area contributed by atoms with Crippen molar-refractivity contribution in [2.45, 2.75) is 50.0 Å². The van der Waals surface area contributed by atoms with Gasteiger partial charge >= 0.3 is 17.9 Å². The summed E-state index contributed by atoms with van der Waals surface area (Å²) in [4.78, 5) is 52.1. The van der Waals surface area contributed by atoms with Crippen LogP contribution < -0.4 is 10.3 Å². The number of H-pyrrole nitrogens is 1. The fraction of sp³-hybridized carbons (Fsp3) is 0.500. The number of sulfonamides is 1. The molecule has 0 unspecified atom stereocenters. The first-order valence-electron chi connectivity index (χ1n) is 15.6. The maximum atomic E-state index is 13.4. The quantitative estimate of drug-likeness (QED) is 0.175. The molecule has 1 aliphatic heterocycles. The number of aliphatic hydroxyl groups is 1. The third-order valence-corrected chi connectivity index (χ3v) is 8.81. The molecule has 1 fully saturated rings. The molecular weight excluding hydrogens is 628 g/mol. The highest BCUT2D eigenvalue weighted by Crippen LogP contribution is 2.32. The zero-order chi connectivity index (χ0) is 36.9. The van der Waals surface area contributed by atoms with E-state index in [9.17, 15) is 27.6 Å². The van der Waals surface area contributed by atoms with E-state index < -0.39 is 53.3 Å². The molecule has 252 valence electrons. The van der Waals surface area contributed by atoms with E-state index in [2.05, 4.69) is 15.1 Å². The number of carbonyl (C=O) groups is 3. The van der Waals surface area contributed by atoms with Crippen molar-refractivity contribution in [2.24, 2.45) is 7.05 Å². The summed E-state index contributed by atoms with van der Waals surface area (Å²) in [5.41, 5.74) is -1.28. The maximum Gasteiger partial charge on any atom is 0.336 e. The molecule has 1 saturated heterocycles. The Morgan fingerprint density at radius 3 is 2.24 bits per heavy atom. The number of carboxylic acids is 3. The number of carboxylic acid groups (broad SMARTS) is 3. The third kappa shape index (κ3) is 8.25. The Labute approximate surface area is 268 Å². The fourth-order valence-corrected chi connectivity index (χ4v) is 6.16. The van der Waals surface area contributed by atoms with Crippen LogP contribution in [0.3, 0.4) is 0 Å². The predicted octanol–water partition coefficient (Wildman–Crippen LogP) is 0.362. The smallest absolute Gasteiger partial charge is 0.336 e. The number of fused-ring (bicyclic) bond motifs is 1. The fourth-order valence-electron chi connectivity index (χ4n) is 4.71. The Hall–Kier alpha value is -4.39. The molecule has 1 aromatic carbocycles. The number of likely N-dealkylation sites (N-methyl/N-ethyl adjacent to an activating group) is 1. The number of aliphatic carboxylic acids is 3. The van der Waals surface area contributed by atoms with Crippen molar-refractivity contribution in [1.82, 2.24) is 29.0 Å². The number of rotatable bonds is 12. The van der Waals surface area contributed by atoms with Crippen molar-refractivity contribution in [1.29, 1.82) is 0 Å². The van der Waals surface area contributed by atoms with Gasteiger partial charge in [0, 0.05) is 37.3 Å². The molecule has 4 rings (SSSR count). The second kappa shape index (κ2) is 14.8. The molecule has 0 aliphatic carbocycles. The molecule has 0 atom stereocenters. The Bertz CT molecular complexity index is 1850. The zero-order valence-electron chi connectivity index (χ0n) is 28.4. The Morgan fingerprint density at radius 1 is 1.09 bits per heavy atom. The van der Waals surface area contributed by atoms with Crippen molar-refractivity contribution >= 4 is 39.0 Å². The summed E-state index contributed by atoms with van der Waals surface area (Å²) in [6.07, 6.45) is -0.825. The minimum Gasteiger partial charge on any atom is -0.493 e. The van der Waals surface area contributed by atoms with Gasteiger partial charge in [0.25, 0.3) is 5.56 Å². The summed E-state index contributed by atoms with van der Waals surface area (Å²) in [5.74, 6) is -4.45. The average molecular weight is 670 g/mol. The first-order chi connectivity index (χ1) is 22.7. The van der Waals surface area contributed by atoms with E-state index in [1.54, 1.807) is 20.0 Å². The minimum atomic E-state index is -3.93. The van der Waals surface area contributed by atoms with E-state index in [1.807, 2.05) is 6.92 Å². The standard InChI is InChI=1S/C22H30N6O4S.C6H8O7/c1-5-7-17-19-20(27(4)25-17)22(29)24-21(23-19)16-14-15(8-9-18(16)32-6-2)33(30,31)28-12-10-26(3)11-13-28;7-3(8)1-6(13,5(11)12)2-4(9)10/h8-9,14H,5-7,10-13H2,1-4H3,(H,23,24,29);13H,1-2H2,(H,7,8)(H,9,10)(H,11,12)/i3D3;. The van der Waals surface area contributed by atoms with Crippen LogP contribution in [0.2, 0.25) is 0 Å². The molecule has 0 amide bonds. The SMILES string of the molecule is O=C(O)CC(O)(CC(=O)O)C(=O)O.[2H]C([2H])([2H])N1CCN(S(=O)(=O)c2ccc(OCC)c(-c3nc4c(CCC)nn(C)c4c(=O)[nH]3)c2)CC1. The number of hydrogen-bond acceptors (Lipinski definition) is 11. The summed E-state index contributed by atoms with van der Waals surface area (Å²) in [6.45, 7) is 2.20. The van der Waals surface area contributed by atoms with Gasteiger partial charge in [0.05, 0.1) is 35.6 Å². The molecule has 0 spiro atoms. The molecule has 46 heavy (non-hydrogen) atoms. The monoisotopic (exact) mass is 669 g/mol. The van der Waals surface area contributed by atoms with E-state index in [0.29, 0.717) is 41.1 Å². The highest BCUT2D eigenvalue weighted by Gasteiger charge is 2.40. The van der Waals surface area contributed by atoms with Crippen LogP contribution in [0.15, 0.2) is 27.9 Å². The van der Waals surface area contributed by atoms with Gasteiger partial charge in [0.2, 0.25) is 10.0 Å². The van der Waals surface area contributed by atoms with Crippen molar-refractivity contribution in [3.63, 3.8) is 0 Å². The molecule has 1 aliphatic rings. The van der Waals surface area contributed by atoms with Gasteiger partial charge in [-0.2, -0.15) is 9.40 Å². The molecule has 2 aromatic heterocycles. The van der Waals surface area contributed by atoms with Gasteiger partial charge in [-0.3, -0.25) is 19.1 Å². The molecule has 5 N–H and O–H groups in total. The van der Waals surface area contributed by atoms with E-state index >= 15 is 0 Å². The lowest BCUT2D eigenvalue weighted by atomic mass is 9.96. The maximum absolute atomic E-state index is 13.4. The Morgan fingerprint density at radius 2 is 1.72 bits per heavy atom. The van der Waals surface area contributed by atoms with Crippen LogP contribution in [-0.2, 0) is 37.9 Å². The zero-order valence-corrected chi connectivity index (χ0v) is 26.2. The molecule has 3 heterocycles. The number of aryl methyl sites for hydroxylation is 2. The normalized spacial score (nSPS) is 15.7. The highest BCUT2D eigenvalue weighted by atomic mass is 32.2. The van der Waals surface area contributed by atoms with Crippen LogP contribution in [0.25, 0.3) is 22.4 Å². The van der Waals surface area contributed by atoms with E-state index in [0.717, 1.165) is 6.42 Å². The van der Waals surface area contributed by atoms with E-state index in [-0.39, 0.29) is 42.5 Å². The second-order valence-corrected chi connectivity index (χ2v) is 12.3. The topological polar surface area (TPSA) is 246 Å². The Kier molecular flexibility index (Phi) is 10.2. The van der Waals surface area contributed by atoms with Gasteiger partial charge in [-0.05, 0) is 38.5 Å². The van der Waals surface area contributed by atoms with Gasteiger partial charge in [0.1, 0.15) is 17.1 Å². The Balaban J connectivity index is 0.000000425. The predicted molar refractivity (Wildman–Crippen MR) is 163 cm³/mol. The van der Waals surface area contributed by atoms with Gasteiger partial charge in [-0.15, -0.1) is 0 Å². The summed E-state index contributed by atoms with van der Waals surface area (Å²) in [5, 5.41) is 38.2. The van der Waals surface area contributed by atoms with E-state index in [4.69, 9.17) is 29.3 Å². The molecule has 0 saturated carbocycles. The van der Waals surface area contributed by atoms with Crippen LogP contribution in [0.5, 0.6) is 5.75 Å². The summed E-state index contributed by atoms with van der Waals surface area (Å²) < 4.78 is 58.0. The van der Waals surface area contributed by atoms with Crippen LogP contribution in [-0.4, -0.2) is 121 Å². The summed E-state index contributed by atoms with van der Waals surface area (Å²) in [6, 6.07) is 4.43. The van der Waals surface area contributed by atoms with Crippen LogP contribution in [0.1, 0.15) is 42.9 Å². The molecule has 0 bridgehead atoms. The lowest BCUT2D eigenvalue weighted by Crippen LogP contribution is -2.47. The number of hydrogen-bond donors (Lipinski definition) is 5. The largest absolute Gasteiger partial charge is 0.493 e. The number of nitrogens with zero attached hydrogens (tertiary/aromatic N) is 5. The van der Waals surface area contributed by atoms with Gasteiger partial charge in [0.15, 0.2) is 11.1 Å². The van der Waals surface area contributed by atoms with Crippen molar-refractivity contribution in [3.8, 4) is 17.1 Å². The number of aromatic amines is 1. The summed E-state index contributed by atoms with van der Waals surface area (Å²) >= 11 is 0. The molecule has 0 radical (unpaired) electrons. The van der Waals surface area contributed by atoms with Crippen LogP contribution >= 0.6 is 0 Å². The molecule has 3 aromatic rings.